The largest absolute Gasteiger partial charge is 0.482 e. The lowest BCUT2D eigenvalue weighted by Gasteiger charge is -2.10. The van der Waals surface area contributed by atoms with Gasteiger partial charge in [-0.3, -0.25) is 9.59 Å². The molecule has 2 aromatic carbocycles. The Hall–Kier alpha value is -2.05. The zero-order valence-electron chi connectivity index (χ0n) is 13.2. The van der Waals surface area contributed by atoms with Crippen molar-refractivity contribution in [3.8, 4) is 5.75 Å². The van der Waals surface area contributed by atoms with Crippen LogP contribution in [0.15, 0.2) is 46.9 Å². The van der Waals surface area contributed by atoms with Gasteiger partial charge in [0.25, 0.3) is 11.8 Å². The van der Waals surface area contributed by atoms with Crippen LogP contribution in [0, 0.1) is 0 Å². The zero-order chi connectivity index (χ0) is 17.8. The molecule has 2 amide bonds. The molecule has 0 unspecified atom stereocenters. The van der Waals surface area contributed by atoms with Crippen molar-refractivity contribution < 1.29 is 14.3 Å². The SMILES string of the molecule is O=C(COc1cc(Br)ccc1Cl)Nc1cccc(C(=O)NC2CC2)c1. The monoisotopic (exact) mass is 422 g/mol. The summed E-state index contributed by atoms with van der Waals surface area (Å²) in [5, 5.41) is 6.05. The molecule has 0 aliphatic heterocycles. The summed E-state index contributed by atoms with van der Waals surface area (Å²) >= 11 is 9.34. The molecule has 1 aliphatic rings. The number of nitrogens with one attached hydrogen (secondary N) is 2. The molecule has 1 aliphatic carbocycles. The van der Waals surface area contributed by atoms with Gasteiger partial charge >= 0.3 is 0 Å². The molecule has 0 heterocycles. The van der Waals surface area contributed by atoms with E-state index in [0.717, 1.165) is 17.3 Å². The maximum Gasteiger partial charge on any atom is 0.262 e. The highest BCUT2D eigenvalue weighted by Gasteiger charge is 2.23. The van der Waals surface area contributed by atoms with Crippen LogP contribution in [-0.2, 0) is 4.79 Å². The fourth-order valence-electron chi connectivity index (χ4n) is 2.16. The summed E-state index contributed by atoms with van der Waals surface area (Å²) in [6.07, 6.45) is 2.05. The van der Waals surface area contributed by atoms with Gasteiger partial charge in [0.1, 0.15) is 5.75 Å². The van der Waals surface area contributed by atoms with Crippen molar-refractivity contribution in [2.45, 2.75) is 18.9 Å². The molecule has 130 valence electrons. The second-order valence-corrected chi connectivity index (χ2v) is 7.06. The molecule has 3 rings (SSSR count). The van der Waals surface area contributed by atoms with Crippen LogP contribution < -0.4 is 15.4 Å². The topological polar surface area (TPSA) is 67.4 Å². The molecule has 0 atom stereocenters. The summed E-state index contributed by atoms with van der Waals surface area (Å²) in [5.41, 5.74) is 1.05. The number of halogens is 2. The molecule has 1 fully saturated rings. The van der Waals surface area contributed by atoms with Gasteiger partial charge in [-0.25, -0.2) is 0 Å². The van der Waals surface area contributed by atoms with Gasteiger partial charge in [0, 0.05) is 21.8 Å². The van der Waals surface area contributed by atoms with Crippen LogP contribution >= 0.6 is 27.5 Å². The fourth-order valence-corrected chi connectivity index (χ4v) is 2.67. The van der Waals surface area contributed by atoms with Crippen LogP contribution in [-0.4, -0.2) is 24.5 Å². The number of carbonyl (C=O) groups is 2. The number of anilines is 1. The quantitative estimate of drug-likeness (QED) is 0.737. The highest BCUT2D eigenvalue weighted by molar-refractivity contribution is 9.10. The molecular formula is C18H16BrClN2O3. The molecule has 7 heteroatoms. The second kappa shape index (κ2) is 7.89. The van der Waals surface area contributed by atoms with Crippen LogP contribution in [0.2, 0.25) is 5.02 Å². The fraction of sp³-hybridized carbons (Fsp3) is 0.222. The molecule has 0 spiro atoms. The maximum atomic E-state index is 12.1. The van der Waals surface area contributed by atoms with Crippen LogP contribution in [0.4, 0.5) is 5.69 Å². The van der Waals surface area contributed by atoms with Crippen LogP contribution in [0.25, 0.3) is 0 Å². The molecule has 1 saturated carbocycles. The van der Waals surface area contributed by atoms with E-state index in [4.69, 9.17) is 16.3 Å². The average molecular weight is 424 g/mol. The number of amides is 2. The molecule has 0 radical (unpaired) electrons. The van der Waals surface area contributed by atoms with Crippen molar-refractivity contribution in [1.29, 1.82) is 0 Å². The number of hydrogen-bond donors (Lipinski definition) is 2. The van der Waals surface area contributed by atoms with Gasteiger partial charge in [-0.1, -0.05) is 33.6 Å². The number of ether oxygens (including phenoxy) is 1. The first-order chi connectivity index (χ1) is 12.0. The predicted octanol–water partition coefficient (Wildman–Crippen LogP) is 4.01. The van der Waals surface area contributed by atoms with Gasteiger partial charge < -0.3 is 15.4 Å². The van der Waals surface area contributed by atoms with Gasteiger partial charge in [0.15, 0.2) is 6.61 Å². The van der Waals surface area contributed by atoms with Crippen molar-refractivity contribution in [2.24, 2.45) is 0 Å². The predicted molar refractivity (Wildman–Crippen MR) is 100 cm³/mol. The number of hydrogen-bond acceptors (Lipinski definition) is 3. The van der Waals surface area contributed by atoms with Crippen molar-refractivity contribution in [3.63, 3.8) is 0 Å². The van der Waals surface area contributed by atoms with E-state index in [-0.39, 0.29) is 24.5 Å². The van der Waals surface area contributed by atoms with Crippen LogP contribution in [0.3, 0.4) is 0 Å². The van der Waals surface area contributed by atoms with Gasteiger partial charge in [-0.05, 0) is 49.2 Å². The lowest BCUT2D eigenvalue weighted by Crippen LogP contribution is -2.25. The third-order valence-corrected chi connectivity index (χ3v) is 4.38. The highest BCUT2D eigenvalue weighted by atomic mass is 79.9. The standard InChI is InChI=1S/C18H16BrClN2O3/c19-12-4-7-15(20)16(9-12)25-10-17(23)21-14-3-1-2-11(8-14)18(24)22-13-5-6-13/h1-4,7-9,13H,5-6,10H2,(H,21,23)(H,22,24). The summed E-state index contributed by atoms with van der Waals surface area (Å²) in [5.74, 6) is -0.0460. The van der Waals surface area contributed by atoms with Gasteiger partial charge in [0.2, 0.25) is 0 Å². The number of rotatable bonds is 6. The van der Waals surface area contributed by atoms with Gasteiger partial charge in [-0.15, -0.1) is 0 Å². The van der Waals surface area contributed by atoms with E-state index in [1.807, 2.05) is 0 Å². The third-order valence-electron chi connectivity index (χ3n) is 3.57. The maximum absolute atomic E-state index is 12.1. The highest BCUT2D eigenvalue weighted by Crippen LogP contribution is 2.27. The Kier molecular flexibility index (Phi) is 5.60. The van der Waals surface area contributed by atoms with E-state index in [0.29, 0.717) is 22.0 Å². The van der Waals surface area contributed by atoms with Crippen molar-refractivity contribution in [3.05, 3.63) is 57.5 Å². The lowest BCUT2D eigenvalue weighted by molar-refractivity contribution is -0.118. The first-order valence-corrected chi connectivity index (χ1v) is 8.97. The minimum absolute atomic E-state index is 0.129. The van der Waals surface area contributed by atoms with E-state index in [9.17, 15) is 9.59 Å². The number of benzene rings is 2. The van der Waals surface area contributed by atoms with Crippen LogP contribution in [0.1, 0.15) is 23.2 Å². The Morgan fingerprint density at radius 3 is 2.76 bits per heavy atom. The van der Waals surface area contributed by atoms with Gasteiger partial charge in [0.05, 0.1) is 5.02 Å². The zero-order valence-corrected chi connectivity index (χ0v) is 15.6. The van der Waals surface area contributed by atoms with E-state index >= 15 is 0 Å². The summed E-state index contributed by atoms with van der Waals surface area (Å²) in [7, 11) is 0. The molecular weight excluding hydrogens is 408 g/mol. The summed E-state index contributed by atoms with van der Waals surface area (Å²) < 4.78 is 6.24. The molecule has 5 nitrogen and oxygen atoms in total. The lowest BCUT2D eigenvalue weighted by atomic mass is 10.2. The Labute approximate surface area is 158 Å². The molecule has 0 saturated heterocycles. The molecule has 2 N–H and O–H groups in total. The van der Waals surface area contributed by atoms with E-state index in [2.05, 4.69) is 26.6 Å². The molecule has 2 aromatic rings. The minimum atomic E-state index is -0.337. The van der Waals surface area contributed by atoms with Crippen molar-refractivity contribution in [2.75, 3.05) is 11.9 Å². The second-order valence-electron chi connectivity index (χ2n) is 5.74. The van der Waals surface area contributed by atoms with E-state index in [1.165, 1.54) is 0 Å². The minimum Gasteiger partial charge on any atom is -0.482 e. The van der Waals surface area contributed by atoms with Gasteiger partial charge in [-0.2, -0.15) is 0 Å². The number of carbonyl (C=O) groups excluding carboxylic acids is 2. The normalized spacial score (nSPS) is 13.2. The van der Waals surface area contributed by atoms with Crippen molar-refractivity contribution in [1.82, 2.24) is 5.32 Å². The Bertz CT molecular complexity index is 809. The smallest absolute Gasteiger partial charge is 0.262 e. The summed E-state index contributed by atoms with van der Waals surface area (Å²) in [6.45, 7) is -0.186. The van der Waals surface area contributed by atoms with E-state index in [1.54, 1.807) is 42.5 Å². The first kappa shape index (κ1) is 17.8. The van der Waals surface area contributed by atoms with Crippen molar-refractivity contribution >= 4 is 45.0 Å². The summed E-state index contributed by atoms with van der Waals surface area (Å²) in [4.78, 5) is 24.1. The average Bonchev–Trinajstić information content (AvgIpc) is 3.40. The molecule has 0 bridgehead atoms. The third kappa shape index (κ3) is 5.21. The Morgan fingerprint density at radius 2 is 2.00 bits per heavy atom. The Balaban J connectivity index is 1.57. The Morgan fingerprint density at radius 1 is 1.20 bits per heavy atom. The van der Waals surface area contributed by atoms with E-state index < -0.39 is 0 Å². The first-order valence-electron chi connectivity index (χ1n) is 7.80. The molecule has 0 aromatic heterocycles. The summed E-state index contributed by atoms with van der Waals surface area (Å²) in [6, 6.07) is 12.2. The molecule has 25 heavy (non-hydrogen) atoms. The van der Waals surface area contributed by atoms with Crippen LogP contribution in [0.5, 0.6) is 5.75 Å².